The summed E-state index contributed by atoms with van der Waals surface area (Å²) < 4.78 is 0. The third kappa shape index (κ3) is 3.57. The third-order valence-electron chi connectivity index (χ3n) is 4.34. The third-order valence-corrected chi connectivity index (χ3v) is 4.34. The minimum absolute atomic E-state index is 0.0412. The standard InChI is InChI=1S/C19H23N3O3/c1-19(2,3)13-10-12(8-9-17(23)24)11-16(18(13)25)22-20-14-6-4-5-7-15(14)21-22/h4,6,10-11,25H,5,7-9H2,1-3H3,(H,23,24). The summed E-state index contributed by atoms with van der Waals surface area (Å²) in [5, 5.41) is 28.8. The number of hydrogen-bond acceptors (Lipinski definition) is 4. The number of hydrogen-bond donors (Lipinski definition) is 2. The number of carboxylic acids is 1. The van der Waals surface area contributed by atoms with Crippen molar-refractivity contribution in [1.82, 2.24) is 15.0 Å². The second kappa shape index (κ2) is 6.35. The van der Waals surface area contributed by atoms with Crippen LogP contribution in [0.1, 0.15) is 56.1 Å². The fraction of sp³-hybridized carbons (Fsp3) is 0.421. The number of rotatable bonds is 4. The largest absolute Gasteiger partial charge is 0.505 e. The topological polar surface area (TPSA) is 88.2 Å². The molecule has 0 saturated heterocycles. The summed E-state index contributed by atoms with van der Waals surface area (Å²) in [6.45, 7) is 6.03. The van der Waals surface area contributed by atoms with Crippen LogP contribution in [0.2, 0.25) is 0 Å². The first kappa shape index (κ1) is 17.2. The number of phenolic OH excluding ortho intramolecular Hbond substituents is 1. The number of aliphatic carboxylic acids is 1. The minimum Gasteiger partial charge on any atom is -0.505 e. The number of aryl methyl sites for hydroxylation is 2. The SMILES string of the molecule is CC(C)(C)c1cc(CCC(=O)O)cc(-n2nc3c(n2)CCC=C3)c1O. The van der Waals surface area contributed by atoms with E-state index in [1.54, 1.807) is 6.07 Å². The number of phenols is 1. The molecule has 3 rings (SSSR count). The molecule has 1 aromatic carbocycles. The van der Waals surface area contributed by atoms with Gasteiger partial charge in [-0.1, -0.05) is 32.9 Å². The van der Waals surface area contributed by atoms with E-state index in [1.807, 2.05) is 32.9 Å². The lowest BCUT2D eigenvalue weighted by molar-refractivity contribution is -0.136. The monoisotopic (exact) mass is 341 g/mol. The fourth-order valence-corrected chi connectivity index (χ4v) is 2.98. The highest BCUT2D eigenvalue weighted by Crippen LogP contribution is 2.36. The Labute approximate surface area is 146 Å². The maximum atomic E-state index is 10.9. The van der Waals surface area contributed by atoms with E-state index in [0.29, 0.717) is 12.1 Å². The van der Waals surface area contributed by atoms with Crippen LogP contribution < -0.4 is 0 Å². The predicted octanol–water partition coefficient (Wildman–Crippen LogP) is 3.25. The first-order chi connectivity index (χ1) is 11.8. The van der Waals surface area contributed by atoms with Gasteiger partial charge in [0.25, 0.3) is 0 Å². The Kier molecular flexibility index (Phi) is 4.37. The molecule has 0 aliphatic heterocycles. The Hall–Kier alpha value is -2.63. The summed E-state index contributed by atoms with van der Waals surface area (Å²) in [6, 6.07) is 3.66. The van der Waals surface area contributed by atoms with Gasteiger partial charge in [0.1, 0.15) is 17.1 Å². The molecule has 6 nitrogen and oxygen atoms in total. The zero-order valence-corrected chi connectivity index (χ0v) is 14.8. The van der Waals surface area contributed by atoms with E-state index in [4.69, 9.17) is 5.11 Å². The van der Waals surface area contributed by atoms with Gasteiger partial charge in [0.2, 0.25) is 0 Å². The van der Waals surface area contributed by atoms with E-state index in [1.165, 1.54) is 4.80 Å². The number of nitrogens with zero attached hydrogens (tertiary/aromatic N) is 3. The van der Waals surface area contributed by atoms with Crippen LogP contribution >= 0.6 is 0 Å². The molecule has 2 N–H and O–H groups in total. The summed E-state index contributed by atoms with van der Waals surface area (Å²) in [7, 11) is 0. The van der Waals surface area contributed by atoms with E-state index in [0.717, 1.165) is 35.4 Å². The molecule has 0 spiro atoms. The van der Waals surface area contributed by atoms with Crippen LogP contribution in [0.3, 0.4) is 0 Å². The highest BCUT2D eigenvalue weighted by molar-refractivity contribution is 5.67. The minimum atomic E-state index is -0.843. The van der Waals surface area contributed by atoms with Crippen molar-refractivity contribution in [3.63, 3.8) is 0 Å². The van der Waals surface area contributed by atoms with E-state index in [2.05, 4.69) is 16.3 Å². The second-order valence-electron chi connectivity index (χ2n) is 7.42. The van der Waals surface area contributed by atoms with Gasteiger partial charge in [-0.25, -0.2) is 0 Å². The zero-order valence-electron chi connectivity index (χ0n) is 14.8. The van der Waals surface area contributed by atoms with Crippen LogP contribution in [-0.2, 0) is 23.1 Å². The highest BCUT2D eigenvalue weighted by Gasteiger charge is 2.24. The van der Waals surface area contributed by atoms with Crippen molar-refractivity contribution in [2.45, 2.75) is 51.9 Å². The van der Waals surface area contributed by atoms with Crippen molar-refractivity contribution in [2.75, 3.05) is 0 Å². The van der Waals surface area contributed by atoms with Gasteiger partial charge in [-0.2, -0.15) is 5.10 Å². The van der Waals surface area contributed by atoms with Crippen LogP contribution in [0.4, 0.5) is 0 Å². The van der Waals surface area contributed by atoms with Gasteiger partial charge in [-0.05, 0) is 42.4 Å². The highest BCUT2D eigenvalue weighted by atomic mass is 16.4. The fourth-order valence-electron chi connectivity index (χ4n) is 2.98. The van der Waals surface area contributed by atoms with Gasteiger partial charge < -0.3 is 10.2 Å². The Morgan fingerprint density at radius 3 is 2.68 bits per heavy atom. The molecule has 0 bridgehead atoms. The second-order valence-corrected chi connectivity index (χ2v) is 7.42. The molecule has 25 heavy (non-hydrogen) atoms. The number of carboxylic acid groups (broad SMARTS) is 1. The van der Waals surface area contributed by atoms with Gasteiger partial charge in [-0.3, -0.25) is 4.79 Å². The molecule has 1 heterocycles. The Morgan fingerprint density at radius 2 is 2.04 bits per heavy atom. The van der Waals surface area contributed by atoms with Crippen LogP contribution in [-0.4, -0.2) is 31.2 Å². The zero-order chi connectivity index (χ0) is 18.2. The first-order valence-corrected chi connectivity index (χ1v) is 8.47. The first-order valence-electron chi connectivity index (χ1n) is 8.47. The van der Waals surface area contributed by atoms with Gasteiger partial charge in [0.15, 0.2) is 0 Å². The summed E-state index contributed by atoms with van der Waals surface area (Å²) in [5.41, 5.74) is 3.55. The predicted molar refractivity (Wildman–Crippen MR) is 95.0 cm³/mol. The number of benzene rings is 1. The average Bonchev–Trinajstić information content (AvgIpc) is 2.96. The Bertz CT molecular complexity index is 844. The van der Waals surface area contributed by atoms with Crippen molar-refractivity contribution < 1.29 is 15.0 Å². The molecular formula is C19H23N3O3. The van der Waals surface area contributed by atoms with E-state index in [9.17, 15) is 9.90 Å². The molecule has 0 fully saturated rings. The van der Waals surface area contributed by atoms with E-state index in [-0.39, 0.29) is 17.6 Å². The molecule has 6 heteroatoms. The van der Waals surface area contributed by atoms with Crippen LogP contribution in [0.25, 0.3) is 11.8 Å². The average molecular weight is 341 g/mol. The number of fused-ring (bicyclic) bond motifs is 1. The molecule has 2 aromatic rings. The number of aromatic nitrogens is 3. The lowest BCUT2D eigenvalue weighted by Gasteiger charge is -2.23. The smallest absolute Gasteiger partial charge is 0.303 e. The molecule has 0 atom stereocenters. The number of carbonyl (C=O) groups is 1. The van der Waals surface area contributed by atoms with Gasteiger partial charge in [0.05, 0.1) is 5.69 Å². The summed E-state index contributed by atoms with van der Waals surface area (Å²) in [4.78, 5) is 12.4. The van der Waals surface area contributed by atoms with Crippen molar-refractivity contribution in [2.24, 2.45) is 0 Å². The molecule has 0 unspecified atom stereocenters. The van der Waals surface area contributed by atoms with Crippen molar-refractivity contribution in [3.05, 3.63) is 40.7 Å². The molecule has 132 valence electrons. The van der Waals surface area contributed by atoms with Crippen LogP contribution in [0.15, 0.2) is 18.2 Å². The van der Waals surface area contributed by atoms with Crippen LogP contribution in [0, 0.1) is 0 Å². The Balaban J connectivity index is 2.10. The molecule has 0 amide bonds. The van der Waals surface area contributed by atoms with Gasteiger partial charge >= 0.3 is 5.97 Å². The molecule has 0 saturated carbocycles. The van der Waals surface area contributed by atoms with Gasteiger partial charge in [-0.15, -0.1) is 9.90 Å². The quantitative estimate of drug-likeness (QED) is 0.891. The van der Waals surface area contributed by atoms with Crippen molar-refractivity contribution in [1.29, 1.82) is 0 Å². The van der Waals surface area contributed by atoms with Crippen LogP contribution in [0.5, 0.6) is 5.75 Å². The Morgan fingerprint density at radius 1 is 1.28 bits per heavy atom. The number of aromatic hydroxyl groups is 1. The maximum absolute atomic E-state index is 10.9. The van der Waals surface area contributed by atoms with Crippen molar-refractivity contribution in [3.8, 4) is 11.4 Å². The van der Waals surface area contributed by atoms with Crippen molar-refractivity contribution >= 4 is 12.0 Å². The molecule has 1 aliphatic rings. The molecule has 0 radical (unpaired) electrons. The molecule has 1 aliphatic carbocycles. The van der Waals surface area contributed by atoms with E-state index < -0.39 is 5.97 Å². The summed E-state index contributed by atoms with van der Waals surface area (Å²) in [5.74, 6) is -0.701. The lowest BCUT2D eigenvalue weighted by atomic mass is 9.84. The van der Waals surface area contributed by atoms with E-state index >= 15 is 0 Å². The normalized spacial score (nSPS) is 13.7. The molecular weight excluding hydrogens is 318 g/mol. The lowest BCUT2D eigenvalue weighted by Crippen LogP contribution is -2.14. The number of allylic oxidation sites excluding steroid dienone is 1. The summed E-state index contributed by atoms with van der Waals surface area (Å²) in [6.07, 6.45) is 6.20. The summed E-state index contributed by atoms with van der Waals surface area (Å²) >= 11 is 0. The van der Waals surface area contributed by atoms with Gasteiger partial charge in [0, 0.05) is 12.0 Å². The molecule has 1 aromatic heterocycles. The maximum Gasteiger partial charge on any atom is 0.303 e.